The summed E-state index contributed by atoms with van der Waals surface area (Å²) >= 11 is 3.09. The van der Waals surface area contributed by atoms with Crippen LogP contribution < -0.4 is 0 Å². The van der Waals surface area contributed by atoms with E-state index in [4.69, 9.17) is 5.11 Å². The van der Waals surface area contributed by atoms with Crippen molar-refractivity contribution in [2.75, 3.05) is 0 Å². The maximum atomic E-state index is 13.3. The summed E-state index contributed by atoms with van der Waals surface area (Å²) in [5, 5.41) is 9.05. The SMILES string of the molecule is O=C(O)c1ccccc1S(=O)(=O)Cc1cc(F)cc(Br)c1. The first-order valence-corrected chi connectivity index (χ1v) is 8.24. The second kappa shape index (κ2) is 5.95. The average Bonchev–Trinajstić information content (AvgIpc) is 2.36. The van der Waals surface area contributed by atoms with E-state index in [9.17, 15) is 17.6 Å². The normalized spacial score (nSPS) is 11.3. The molecule has 0 bridgehead atoms. The Kier molecular flexibility index (Phi) is 4.43. The number of hydrogen-bond donors (Lipinski definition) is 1. The summed E-state index contributed by atoms with van der Waals surface area (Å²) in [7, 11) is -3.89. The van der Waals surface area contributed by atoms with E-state index in [2.05, 4.69) is 15.9 Å². The van der Waals surface area contributed by atoms with E-state index in [0.717, 1.165) is 6.07 Å². The molecule has 0 radical (unpaired) electrons. The zero-order valence-electron chi connectivity index (χ0n) is 10.6. The van der Waals surface area contributed by atoms with Gasteiger partial charge in [0.2, 0.25) is 0 Å². The molecule has 2 aromatic carbocycles. The molecule has 0 saturated carbocycles. The van der Waals surface area contributed by atoms with Gasteiger partial charge < -0.3 is 5.11 Å². The minimum absolute atomic E-state index is 0.238. The number of carboxylic acids is 1. The summed E-state index contributed by atoms with van der Waals surface area (Å²) in [6, 6.07) is 9.13. The number of carboxylic acid groups (broad SMARTS) is 1. The molecule has 0 spiro atoms. The third kappa shape index (κ3) is 3.68. The van der Waals surface area contributed by atoms with Crippen LogP contribution in [0.1, 0.15) is 15.9 Å². The van der Waals surface area contributed by atoms with Crippen molar-refractivity contribution in [2.24, 2.45) is 0 Å². The molecule has 0 aromatic heterocycles. The van der Waals surface area contributed by atoms with Gasteiger partial charge in [-0.1, -0.05) is 28.1 Å². The summed E-state index contributed by atoms with van der Waals surface area (Å²) < 4.78 is 38.4. The molecule has 0 aliphatic carbocycles. The second-order valence-electron chi connectivity index (χ2n) is 4.34. The monoisotopic (exact) mass is 372 g/mol. The number of benzene rings is 2. The Labute approximate surface area is 129 Å². The Morgan fingerprint density at radius 2 is 1.86 bits per heavy atom. The molecule has 0 aliphatic heterocycles. The predicted molar refractivity (Wildman–Crippen MR) is 78.4 cm³/mol. The van der Waals surface area contributed by atoms with E-state index in [0.29, 0.717) is 4.47 Å². The summed E-state index contributed by atoms with van der Waals surface area (Å²) in [5.74, 6) is -2.37. The zero-order valence-corrected chi connectivity index (χ0v) is 13.0. The largest absolute Gasteiger partial charge is 0.478 e. The summed E-state index contributed by atoms with van der Waals surface area (Å²) in [4.78, 5) is 10.8. The standard InChI is InChI=1S/C14H10BrFO4S/c15-10-5-9(6-11(16)7-10)8-21(19,20)13-4-2-1-3-12(13)14(17)18/h1-7H,8H2,(H,17,18). The van der Waals surface area contributed by atoms with Gasteiger partial charge in [-0.3, -0.25) is 0 Å². The van der Waals surface area contributed by atoms with Gasteiger partial charge in [0.1, 0.15) is 5.82 Å². The van der Waals surface area contributed by atoms with Crippen LogP contribution in [0.3, 0.4) is 0 Å². The molecule has 0 heterocycles. The van der Waals surface area contributed by atoms with Crippen LogP contribution in [0.5, 0.6) is 0 Å². The van der Waals surface area contributed by atoms with Gasteiger partial charge >= 0.3 is 5.97 Å². The van der Waals surface area contributed by atoms with Gasteiger partial charge in [0.15, 0.2) is 9.84 Å². The number of halogens is 2. The minimum Gasteiger partial charge on any atom is -0.478 e. The number of rotatable bonds is 4. The molecule has 21 heavy (non-hydrogen) atoms. The molecule has 2 rings (SSSR count). The molecule has 0 unspecified atom stereocenters. The van der Waals surface area contributed by atoms with Crippen LogP contribution in [-0.2, 0) is 15.6 Å². The molecule has 0 saturated heterocycles. The van der Waals surface area contributed by atoms with Crippen molar-refractivity contribution < 1.29 is 22.7 Å². The number of sulfone groups is 1. The van der Waals surface area contributed by atoms with Gasteiger partial charge in [0.25, 0.3) is 0 Å². The van der Waals surface area contributed by atoms with Gasteiger partial charge in [-0.2, -0.15) is 0 Å². The second-order valence-corrected chi connectivity index (χ2v) is 7.21. The van der Waals surface area contributed by atoms with Crippen LogP contribution in [0.15, 0.2) is 51.8 Å². The fraction of sp³-hybridized carbons (Fsp3) is 0.0714. The van der Waals surface area contributed by atoms with E-state index in [-0.39, 0.29) is 16.0 Å². The van der Waals surface area contributed by atoms with Crippen molar-refractivity contribution in [3.63, 3.8) is 0 Å². The Morgan fingerprint density at radius 1 is 1.19 bits per heavy atom. The van der Waals surface area contributed by atoms with Crippen molar-refractivity contribution in [1.82, 2.24) is 0 Å². The number of aromatic carboxylic acids is 1. The molecule has 0 aliphatic rings. The highest BCUT2D eigenvalue weighted by Gasteiger charge is 2.22. The smallest absolute Gasteiger partial charge is 0.337 e. The van der Waals surface area contributed by atoms with E-state index in [1.807, 2.05) is 0 Å². The fourth-order valence-corrected chi connectivity index (χ4v) is 3.96. The lowest BCUT2D eigenvalue weighted by atomic mass is 10.2. The summed E-state index contributed by atoms with van der Waals surface area (Å²) in [6.07, 6.45) is 0. The Morgan fingerprint density at radius 3 is 2.48 bits per heavy atom. The summed E-state index contributed by atoms with van der Waals surface area (Å²) in [5.41, 5.74) is -0.0602. The zero-order chi connectivity index (χ0) is 15.6. The average molecular weight is 373 g/mol. The maximum Gasteiger partial charge on any atom is 0.337 e. The topological polar surface area (TPSA) is 71.4 Å². The van der Waals surface area contributed by atoms with E-state index in [1.54, 1.807) is 0 Å². The van der Waals surface area contributed by atoms with Gasteiger partial charge in [-0.15, -0.1) is 0 Å². The summed E-state index contributed by atoms with van der Waals surface area (Å²) in [6.45, 7) is 0. The van der Waals surface area contributed by atoms with Crippen molar-refractivity contribution in [2.45, 2.75) is 10.6 Å². The van der Waals surface area contributed by atoms with E-state index < -0.39 is 27.4 Å². The third-order valence-electron chi connectivity index (χ3n) is 2.73. The van der Waals surface area contributed by atoms with Gasteiger partial charge in [-0.05, 0) is 35.9 Å². The Bertz CT molecular complexity index is 782. The van der Waals surface area contributed by atoms with E-state index >= 15 is 0 Å². The van der Waals surface area contributed by atoms with Crippen molar-refractivity contribution >= 4 is 31.7 Å². The lowest BCUT2D eigenvalue weighted by Crippen LogP contribution is -2.11. The molecule has 2 aromatic rings. The molecule has 0 atom stereocenters. The highest BCUT2D eigenvalue weighted by atomic mass is 79.9. The Hall–Kier alpha value is -1.73. The van der Waals surface area contributed by atoms with Crippen LogP contribution in [0.2, 0.25) is 0 Å². The van der Waals surface area contributed by atoms with Crippen LogP contribution >= 0.6 is 15.9 Å². The van der Waals surface area contributed by atoms with Crippen LogP contribution in [0.4, 0.5) is 4.39 Å². The fourth-order valence-electron chi connectivity index (χ4n) is 1.91. The van der Waals surface area contributed by atoms with Gasteiger partial charge in [0, 0.05) is 4.47 Å². The van der Waals surface area contributed by atoms with Crippen molar-refractivity contribution in [3.8, 4) is 0 Å². The first-order chi connectivity index (χ1) is 9.79. The molecule has 7 heteroatoms. The van der Waals surface area contributed by atoms with E-state index in [1.165, 1.54) is 36.4 Å². The number of hydrogen-bond acceptors (Lipinski definition) is 3. The van der Waals surface area contributed by atoms with Crippen LogP contribution in [0, 0.1) is 5.82 Å². The van der Waals surface area contributed by atoms with Crippen LogP contribution in [0.25, 0.3) is 0 Å². The molecule has 0 fully saturated rings. The highest BCUT2D eigenvalue weighted by molar-refractivity contribution is 9.10. The third-order valence-corrected chi connectivity index (χ3v) is 4.93. The Balaban J connectivity index is 2.46. The lowest BCUT2D eigenvalue weighted by molar-refractivity contribution is 0.0692. The lowest BCUT2D eigenvalue weighted by Gasteiger charge is -2.08. The van der Waals surface area contributed by atoms with Crippen molar-refractivity contribution in [1.29, 1.82) is 0 Å². The molecular formula is C14H10BrFO4S. The molecule has 110 valence electrons. The first kappa shape index (κ1) is 15.7. The quantitative estimate of drug-likeness (QED) is 0.893. The highest BCUT2D eigenvalue weighted by Crippen LogP contribution is 2.23. The van der Waals surface area contributed by atoms with Gasteiger partial charge in [0.05, 0.1) is 16.2 Å². The van der Waals surface area contributed by atoms with Crippen molar-refractivity contribution in [3.05, 3.63) is 63.9 Å². The molecule has 1 N–H and O–H groups in total. The molecular weight excluding hydrogens is 363 g/mol. The molecule has 4 nitrogen and oxygen atoms in total. The van der Waals surface area contributed by atoms with Gasteiger partial charge in [-0.25, -0.2) is 17.6 Å². The minimum atomic E-state index is -3.89. The predicted octanol–water partition coefficient (Wildman–Crippen LogP) is 3.26. The molecule has 0 amide bonds. The maximum absolute atomic E-state index is 13.3. The number of carbonyl (C=O) groups is 1. The first-order valence-electron chi connectivity index (χ1n) is 5.79. The van der Waals surface area contributed by atoms with Crippen LogP contribution in [-0.4, -0.2) is 19.5 Å².